The summed E-state index contributed by atoms with van der Waals surface area (Å²) in [5, 5.41) is 34.0. The molecule has 0 saturated heterocycles. The summed E-state index contributed by atoms with van der Waals surface area (Å²) in [6, 6.07) is 6.23. The first-order valence-electron chi connectivity index (χ1n) is 9.90. The molecule has 172 valence electrons. The van der Waals surface area contributed by atoms with Crippen LogP contribution in [0.4, 0.5) is 0 Å². The van der Waals surface area contributed by atoms with E-state index in [0.717, 1.165) is 18.7 Å². The molecule has 2 atom stereocenters. The van der Waals surface area contributed by atoms with Gasteiger partial charge in [0.1, 0.15) is 6.54 Å². The summed E-state index contributed by atoms with van der Waals surface area (Å²) >= 11 is 0. The number of aliphatic carboxylic acids is 1. The summed E-state index contributed by atoms with van der Waals surface area (Å²) in [6.07, 6.45) is -0.836. The van der Waals surface area contributed by atoms with Gasteiger partial charge in [0.25, 0.3) is 0 Å². The van der Waals surface area contributed by atoms with Gasteiger partial charge in [0, 0.05) is 45.8 Å². The summed E-state index contributed by atoms with van der Waals surface area (Å²) in [7, 11) is -3.84. The van der Waals surface area contributed by atoms with Crippen molar-refractivity contribution in [2.24, 2.45) is 0 Å². The molecule has 11 heteroatoms. The Balaban J connectivity index is 2.42. The van der Waals surface area contributed by atoms with Crippen molar-refractivity contribution in [1.29, 1.82) is 0 Å². The lowest BCUT2D eigenvalue weighted by Gasteiger charge is -2.24. The van der Waals surface area contributed by atoms with Crippen LogP contribution in [0.1, 0.15) is 19.4 Å². The molecule has 1 aromatic carbocycles. The Hall–Kier alpha value is -1.60. The summed E-state index contributed by atoms with van der Waals surface area (Å²) in [5.41, 5.74) is 0.896. The maximum Gasteiger partial charge on any atom is 0.318 e. The van der Waals surface area contributed by atoms with Crippen LogP contribution in [0.15, 0.2) is 29.2 Å². The molecule has 0 aliphatic rings. The fourth-order valence-corrected chi connectivity index (χ4v) is 3.69. The number of carbonyl (C=O) groups is 1. The van der Waals surface area contributed by atoms with Crippen molar-refractivity contribution in [2.45, 2.75) is 37.5 Å². The van der Waals surface area contributed by atoms with E-state index in [1.807, 2.05) is 4.72 Å². The first-order valence-corrected chi connectivity index (χ1v) is 11.4. The van der Waals surface area contributed by atoms with Gasteiger partial charge in [0.15, 0.2) is 0 Å². The predicted molar refractivity (Wildman–Crippen MR) is 114 cm³/mol. The Kier molecular flexibility index (Phi) is 12.0. The maximum atomic E-state index is 12.0. The van der Waals surface area contributed by atoms with E-state index in [9.17, 15) is 23.4 Å². The van der Waals surface area contributed by atoms with Crippen LogP contribution < -0.4 is 15.4 Å². The van der Waals surface area contributed by atoms with E-state index in [-0.39, 0.29) is 4.90 Å². The van der Waals surface area contributed by atoms with Crippen molar-refractivity contribution < 1.29 is 28.5 Å². The molecule has 0 aromatic heterocycles. The highest BCUT2D eigenvalue weighted by Crippen LogP contribution is 2.10. The number of aliphatic hydroxyl groups is 2. The molecule has 0 saturated carbocycles. The fraction of sp³-hybridized carbons (Fsp3) is 0.632. The van der Waals surface area contributed by atoms with Gasteiger partial charge in [-0.05, 0) is 31.5 Å². The quantitative estimate of drug-likeness (QED) is 0.172. The Morgan fingerprint density at radius 2 is 1.63 bits per heavy atom. The number of carboxylic acids is 1. The zero-order chi connectivity index (χ0) is 22.6. The summed E-state index contributed by atoms with van der Waals surface area (Å²) in [4.78, 5) is 12.7. The van der Waals surface area contributed by atoms with E-state index in [2.05, 4.69) is 15.5 Å². The molecule has 1 rings (SSSR count). The Morgan fingerprint density at radius 1 is 1.03 bits per heavy atom. The van der Waals surface area contributed by atoms with Crippen LogP contribution in [-0.2, 0) is 21.4 Å². The predicted octanol–water partition coefficient (Wildman–Crippen LogP) is -1.21. The summed E-state index contributed by atoms with van der Waals surface area (Å²) in [6.45, 7) is 7.29. The van der Waals surface area contributed by atoms with Gasteiger partial charge in [-0.1, -0.05) is 12.1 Å². The van der Waals surface area contributed by atoms with E-state index in [0.29, 0.717) is 32.7 Å². The molecule has 0 aliphatic heterocycles. The minimum atomic E-state index is -3.84. The topological polar surface area (TPSA) is 151 Å². The molecule has 0 fully saturated rings. The second kappa shape index (κ2) is 13.7. The van der Waals surface area contributed by atoms with Crippen LogP contribution in [0.5, 0.6) is 0 Å². The van der Waals surface area contributed by atoms with Crippen molar-refractivity contribution in [3.8, 4) is 0 Å². The van der Waals surface area contributed by atoms with Gasteiger partial charge in [-0.15, -0.1) is 0 Å². The standard InChI is InChI=1S/C19H34N4O6S/c1-15(24)11-20-7-9-23(14-16(2)25)10-8-21-12-17-3-5-18(6-4-17)30(28,29)22-13-19(26)27/h3-6,15-16,20-22,24-25H,7-14H2,1-2H3,(H,26,27)/t15-,16-/m0/s1. The first-order chi connectivity index (χ1) is 14.1. The third kappa shape index (κ3) is 11.6. The number of aliphatic hydroxyl groups excluding tert-OH is 2. The minimum Gasteiger partial charge on any atom is -0.480 e. The van der Waals surface area contributed by atoms with Gasteiger partial charge in [-0.3, -0.25) is 9.69 Å². The number of nitrogens with zero attached hydrogens (tertiary/aromatic N) is 1. The molecule has 0 amide bonds. The third-order valence-electron chi connectivity index (χ3n) is 4.15. The van der Waals surface area contributed by atoms with Crippen LogP contribution in [0, 0.1) is 0 Å². The minimum absolute atomic E-state index is 0.0142. The number of nitrogens with one attached hydrogen (secondary N) is 3. The number of sulfonamides is 1. The number of hydrogen-bond acceptors (Lipinski definition) is 8. The second-order valence-electron chi connectivity index (χ2n) is 7.24. The van der Waals surface area contributed by atoms with E-state index < -0.39 is 34.7 Å². The van der Waals surface area contributed by atoms with E-state index in [1.165, 1.54) is 12.1 Å². The smallest absolute Gasteiger partial charge is 0.318 e. The SMILES string of the molecule is C[C@H](O)CNCCN(CCNCc1ccc(S(=O)(=O)NCC(=O)O)cc1)C[C@H](C)O. The molecule has 0 aliphatic carbocycles. The average Bonchev–Trinajstić information content (AvgIpc) is 2.66. The number of rotatable bonds is 16. The Labute approximate surface area is 178 Å². The van der Waals surface area contributed by atoms with Crippen molar-refractivity contribution in [2.75, 3.05) is 45.8 Å². The molecule has 0 heterocycles. The molecule has 6 N–H and O–H groups in total. The van der Waals surface area contributed by atoms with Crippen molar-refractivity contribution in [1.82, 2.24) is 20.3 Å². The molecule has 0 bridgehead atoms. The first kappa shape index (κ1) is 26.4. The largest absolute Gasteiger partial charge is 0.480 e. The molecule has 1 aromatic rings. The van der Waals surface area contributed by atoms with Gasteiger partial charge < -0.3 is 26.0 Å². The number of carboxylic acid groups (broad SMARTS) is 1. The molecule has 0 spiro atoms. The van der Waals surface area contributed by atoms with Crippen molar-refractivity contribution in [3.05, 3.63) is 29.8 Å². The number of hydrogen-bond donors (Lipinski definition) is 6. The Morgan fingerprint density at radius 3 is 2.17 bits per heavy atom. The van der Waals surface area contributed by atoms with Crippen LogP contribution in [0.3, 0.4) is 0 Å². The summed E-state index contributed by atoms with van der Waals surface area (Å²) in [5.74, 6) is -1.25. The number of benzene rings is 1. The molecule has 0 radical (unpaired) electrons. The molecular formula is C19H34N4O6S. The van der Waals surface area contributed by atoms with Gasteiger partial charge in [0.2, 0.25) is 10.0 Å². The zero-order valence-corrected chi connectivity index (χ0v) is 18.4. The molecule has 0 unspecified atom stereocenters. The molecular weight excluding hydrogens is 412 g/mol. The zero-order valence-electron chi connectivity index (χ0n) is 17.5. The van der Waals surface area contributed by atoms with Gasteiger partial charge in [-0.2, -0.15) is 4.72 Å². The monoisotopic (exact) mass is 446 g/mol. The lowest BCUT2D eigenvalue weighted by atomic mass is 10.2. The summed E-state index contributed by atoms with van der Waals surface area (Å²) < 4.78 is 26.0. The lowest BCUT2D eigenvalue weighted by Crippen LogP contribution is -2.41. The van der Waals surface area contributed by atoms with Gasteiger partial charge >= 0.3 is 5.97 Å². The highest BCUT2D eigenvalue weighted by atomic mass is 32.2. The van der Waals surface area contributed by atoms with Crippen molar-refractivity contribution in [3.63, 3.8) is 0 Å². The Bertz CT molecular complexity index is 725. The van der Waals surface area contributed by atoms with E-state index in [4.69, 9.17) is 5.11 Å². The van der Waals surface area contributed by atoms with E-state index >= 15 is 0 Å². The second-order valence-corrected chi connectivity index (χ2v) is 9.01. The maximum absolute atomic E-state index is 12.0. The highest BCUT2D eigenvalue weighted by molar-refractivity contribution is 7.89. The highest BCUT2D eigenvalue weighted by Gasteiger charge is 2.15. The molecule has 30 heavy (non-hydrogen) atoms. The fourth-order valence-electron chi connectivity index (χ4n) is 2.71. The molecule has 10 nitrogen and oxygen atoms in total. The van der Waals surface area contributed by atoms with Crippen LogP contribution in [-0.4, -0.2) is 92.6 Å². The average molecular weight is 447 g/mol. The normalized spacial score (nSPS) is 14.0. The third-order valence-corrected chi connectivity index (χ3v) is 5.57. The lowest BCUT2D eigenvalue weighted by molar-refractivity contribution is -0.135. The van der Waals surface area contributed by atoms with Crippen molar-refractivity contribution >= 4 is 16.0 Å². The van der Waals surface area contributed by atoms with Crippen LogP contribution >= 0.6 is 0 Å². The van der Waals surface area contributed by atoms with Crippen LogP contribution in [0.2, 0.25) is 0 Å². The van der Waals surface area contributed by atoms with Crippen LogP contribution in [0.25, 0.3) is 0 Å². The van der Waals surface area contributed by atoms with Gasteiger partial charge in [0.05, 0.1) is 17.1 Å². The van der Waals surface area contributed by atoms with E-state index in [1.54, 1.807) is 26.0 Å². The van der Waals surface area contributed by atoms with Gasteiger partial charge in [-0.25, -0.2) is 8.42 Å².